The lowest BCUT2D eigenvalue weighted by molar-refractivity contribution is -0.117. The molecule has 0 spiro atoms. The second kappa shape index (κ2) is 5.93. The van der Waals surface area contributed by atoms with Crippen LogP contribution in [0.15, 0.2) is 12.1 Å². The van der Waals surface area contributed by atoms with E-state index in [1.54, 1.807) is 0 Å². The van der Waals surface area contributed by atoms with Gasteiger partial charge in [0.25, 0.3) is 0 Å². The molecule has 1 fully saturated rings. The van der Waals surface area contributed by atoms with Crippen LogP contribution in [0.4, 0.5) is 5.69 Å². The van der Waals surface area contributed by atoms with Gasteiger partial charge in [0, 0.05) is 24.5 Å². The zero-order valence-electron chi connectivity index (χ0n) is 12.6. The summed E-state index contributed by atoms with van der Waals surface area (Å²) < 4.78 is 11.4. The van der Waals surface area contributed by atoms with Crippen LogP contribution in [0.1, 0.15) is 25.8 Å². The van der Waals surface area contributed by atoms with Crippen LogP contribution in [0.2, 0.25) is 0 Å². The van der Waals surface area contributed by atoms with Crippen LogP contribution in [-0.4, -0.2) is 31.7 Å². The van der Waals surface area contributed by atoms with Crippen molar-refractivity contribution in [3.63, 3.8) is 0 Å². The van der Waals surface area contributed by atoms with Crippen LogP contribution in [0.3, 0.4) is 0 Å². The number of hydrogen-bond acceptors (Lipinski definition) is 4. The van der Waals surface area contributed by atoms with E-state index in [2.05, 4.69) is 10.6 Å². The van der Waals surface area contributed by atoms with Crippen molar-refractivity contribution in [2.75, 3.05) is 25.0 Å². The minimum Gasteiger partial charge on any atom is -0.492 e. The third-order valence-corrected chi connectivity index (χ3v) is 3.91. The van der Waals surface area contributed by atoms with Crippen molar-refractivity contribution < 1.29 is 14.3 Å². The molecule has 0 radical (unpaired) electrons. The van der Waals surface area contributed by atoms with Gasteiger partial charge in [0.1, 0.15) is 17.6 Å². The highest BCUT2D eigenvalue weighted by Gasteiger charge is 2.24. The van der Waals surface area contributed by atoms with Crippen molar-refractivity contribution in [3.8, 4) is 11.5 Å². The third kappa shape index (κ3) is 3.13. The van der Waals surface area contributed by atoms with Gasteiger partial charge in [-0.25, -0.2) is 0 Å². The molecule has 3 rings (SSSR count). The molecule has 0 bridgehead atoms. The molecule has 0 saturated carbocycles. The summed E-state index contributed by atoms with van der Waals surface area (Å²) in [6.07, 6.45) is 1.62. The van der Waals surface area contributed by atoms with E-state index in [9.17, 15) is 4.79 Å². The Morgan fingerprint density at radius 1 is 1.48 bits per heavy atom. The molecular formula is C16H22N2O3. The van der Waals surface area contributed by atoms with Gasteiger partial charge in [-0.1, -0.05) is 0 Å². The van der Waals surface area contributed by atoms with Crippen molar-refractivity contribution in [1.29, 1.82) is 0 Å². The van der Waals surface area contributed by atoms with Crippen molar-refractivity contribution >= 4 is 11.6 Å². The Kier molecular flexibility index (Phi) is 4.01. The highest BCUT2D eigenvalue weighted by Crippen LogP contribution is 2.38. The largest absolute Gasteiger partial charge is 0.492 e. The first-order valence-electron chi connectivity index (χ1n) is 7.62. The SMILES string of the molecule is CCOc1cc2c(cc1NC(=O)CC1CNC1)OC(C)C2. The van der Waals surface area contributed by atoms with Crippen LogP contribution >= 0.6 is 0 Å². The zero-order chi connectivity index (χ0) is 14.8. The Bertz CT molecular complexity index is 541. The fourth-order valence-electron chi connectivity index (χ4n) is 2.77. The molecule has 5 heteroatoms. The second-order valence-corrected chi connectivity index (χ2v) is 5.80. The maximum absolute atomic E-state index is 12.1. The summed E-state index contributed by atoms with van der Waals surface area (Å²) in [6.45, 7) is 6.41. The number of carbonyl (C=O) groups excluding carboxylic acids is 1. The number of fused-ring (bicyclic) bond motifs is 1. The molecule has 2 N–H and O–H groups in total. The van der Waals surface area contributed by atoms with Crippen LogP contribution in [0, 0.1) is 5.92 Å². The predicted molar refractivity (Wildman–Crippen MR) is 81.0 cm³/mol. The molecule has 2 heterocycles. The van der Waals surface area contributed by atoms with Gasteiger partial charge < -0.3 is 20.1 Å². The lowest BCUT2D eigenvalue weighted by Crippen LogP contribution is -2.43. The average Bonchev–Trinajstić information content (AvgIpc) is 2.74. The van der Waals surface area contributed by atoms with Gasteiger partial charge in [-0.3, -0.25) is 4.79 Å². The molecule has 1 saturated heterocycles. The number of anilines is 1. The van der Waals surface area contributed by atoms with Crippen molar-refractivity contribution in [1.82, 2.24) is 5.32 Å². The van der Waals surface area contributed by atoms with E-state index >= 15 is 0 Å². The number of carbonyl (C=O) groups is 1. The molecule has 0 aromatic heterocycles. The maximum Gasteiger partial charge on any atom is 0.224 e. The fraction of sp³-hybridized carbons (Fsp3) is 0.562. The molecule has 2 aliphatic heterocycles. The molecular weight excluding hydrogens is 268 g/mol. The van der Waals surface area contributed by atoms with E-state index in [-0.39, 0.29) is 12.0 Å². The molecule has 1 aromatic carbocycles. The average molecular weight is 290 g/mol. The van der Waals surface area contributed by atoms with E-state index in [4.69, 9.17) is 9.47 Å². The zero-order valence-corrected chi connectivity index (χ0v) is 12.6. The molecule has 1 aromatic rings. The number of hydrogen-bond donors (Lipinski definition) is 2. The van der Waals surface area contributed by atoms with Crippen molar-refractivity contribution in [3.05, 3.63) is 17.7 Å². The number of rotatable bonds is 5. The number of benzene rings is 1. The summed E-state index contributed by atoms with van der Waals surface area (Å²) in [5, 5.41) is 6.14. The van der Waals surface area contributed by atoms with E-state index in [0.717, 1.165) is 36.6 Å². The lowest BCUT2D eigenvalue weighted by Gasteiger charge is -2.26. The highest BCUT2D eigenvalue weighted by atomic mass is 16.5. The summed E-state index contributed by atoms with van der Waals surface area (Å²) in [5.74, 6) is 2.07. The van der Waals surface area contributed by atoms with Crippen LogP contribution in [0.25, 0.3) is 0 Å². The quantitative estimate of drug-likeness (QED) is 0.870. The highest BCUT2D eigenvalue weighted by molar-refractivity contribution is 5.93. The van der Waals surface area contributed by atoms with Gasteiger partial charge in [-0.2, -0.15) is 0 Å². The van der Waals surface area contributed by atoms with Gasteiger partial charge in [0.15, 0.2) is 0 Å². The minimum absolute atomic E-state index is 0.0356. The van der Waals surface area contributed by atoms with E-state index in [1.165, 1.54) is 0 Å². The summed E-state index contributed by atoms with van der Waals surface area (Å²) >= 11 is 0. The first-order chi connectivity index (χ1) is 10.2. The first-order valence-corrected chi connectivity index (χ1v) is 7.62. The first kappa shape index (κ1) is 14.2. The Morgan fingerprint density at radius 2 is 2.29 bits per heavy atom. The minimum atomic E-state index is 0.0356. The summed E-state index contributed by atoms with van der Waals surface area (Å²) in [5.41, 5.74) is 1.86. The molecule has 0 aliphatic carbocycles. The van der Waals surface area contributed by atoms with E-state index in [0.29, 0.717) is 24.6 Å². The van der Waals surface area contributed by atoms with E-state index in [1.807, 2.05) is 26.0 Å². The molecule has 21 heavy (non-hydrogen) atoms. The Balaban J connectivity index is 1.75. The normalized spacial score (nSPS) is 20.4. The third-order valence-electron chi connectivity index (χ3n) is 3.91. The summed E-state index contributed by atoms with van der Waals surface area (Å²) in [6, 6.07) is 3.88. The smallest absolute Gasteiger partial charge is 0.224 e. The van der Waals surface area contributed by atoms with E-state index < -0.39 is 0 Å². The molecule has 114 valence electrons. The summed E-state index contributed by atoms with van der Waals surface area (Å²) in [4.78, 5) is 12.1. The molecule has 1 atom stereocenters. The van der Waals surface area contributed by atoms with Gasteiger partial charge in [0.2, 0.25) is 5.91 Å². The molecule has 2 aliphatic rings. The Morgan fingerprint density at radius 3 is 2.95 bits per heavy atom. The second-order valence-electron chi connectivity index (χ2n) is 5.80. The molecule has 1 unspecified atom stereocenters. The number of amides is 1. The fourth-order valence-corrected chi connectivity index (χ4v) is 2.77. The maximum atomic E-state index is 12.1. The van der Waals surface area contributed by atoms with Gasteiger partial charge >= 0.3 is 0 Å². The van der Waals surface area contributed by atoms with Crippen LogP contribution < -0.4 is 20.1 Å². The Labute approximate surface area is 125 Å². The van der Waals surface area contributed by atoms with Gasteiger partial charge in [-0.05, 0) is 38.9 Å². The topological polar surface area (TPSA) is 59.6 Å². The van der Waals surface area contributed by atoms with Crippen molar-refractivity contribution in [2.24, 2.45) is 5.92 Å². The molecule has 5 nitrogen and oxygen atoms in total. The Hall–Kier alpha value is -1.75. The molecule has 1 amide bonds. The van der Waals surface area contributed by atoms with Crippen molar-refractivity contribution in [2.45, 2.75) is 32.8 Å². The monoisotopic (exact) mass is 290 g/mol. The van der Waals surface area contributed by atoms with Crippen LogP contribution in [-0.2, 0) is 11.2 Å². The number of nitrogens with one attached hydrogen (secondary N) is 2. The van der Waals surface area contributed by atoms with Gasteiger partial charge in [0.05, 0.1) is 12.3 Å². The predicted octanol–water partition coefficient (Wildman–Crippen LogP) is 1.96. The number of ether oxygens (including phenoxy) is 2. The standard InChI is InChI=1S/C16H22N2O3/c1-3-20-15-6-12-4-10(2)21-14(12)7-13(15)18-16(19)5-11-8-17-9-11/h6-7,10-11,17H,3-5,8-9H2,1-2H3,(H,18,19). The van der Waals surface area contributed by atoms with Gasteiger partial charge in [-0.15, -0.1) is 0 Å². The summed E-state index contributed by atoms with van der Waals surface area (Å²) in [7, 11) is 0. The van der Waals surface area contributed by atoms with Crippen LogP contribution in [0.5, 0.6) is 11.5 Å². The lowest BCUT2D eigenvalue weighted by atomic mass is 9.99.